The zero-order valence-electron chi connectivity index (χ0n) is 10.3. The Morgan fingerprint density at radius 1 is 1.33 bits per heavy atom. The molecule has 3 aromatic rings. The molecule has 0 amide bonds. The highest BCUT2D eigenvalue weighted by molar-refractivity contribution is 7.78. The average Bonchev–Trinajstić information content (AvgIpc) is 2.90. The minimum Gasteiger partial charge on any atom is -0.267 e. The Balaban J connectivity index is 2.23. The number of halogens is 1. The van der Waals surface area contributed by atoms with Crippen LogP contribution in [0.25, 0.3) is 17.0 Å². The molecule has 0 saturated carbocycles. The van der Waals surface area contributed by atoms with Crippen LogP contribution in [-0.2, 0) is 0 Å². The number of aromatic nitrogens is 4. The number of fused-ring (bicyclic) bond motifs is 1. The second kappa shape index (κ2) is 5.23. The number of aliphatic imine (C=N–C) groups is 1. The third-order valence-corrected chi connectivity index (χ3v) is 2.80. The first-order chi connectivity index (χ1) is 10.2. The van der Waals surface area contributed by atoms with Crippen molar-refractivity contribution in [3.63, 3.8) is 0 Å². The number of thiocarbonyl (C=S) groups is 1. The molecule has 7 nitrogen and oxygen atoms in total. The van der Waals surface area contributed by atoms with Crippen molar-refractivity contribution in [2.45, 2.75) is 0 Å². The largest absolute Gasteiger partial charge is 0.267 e. The van der Waals surface area contributed by atoms with Gasteiger partial charge in [-0.1, -0.05) is 0 Å². The number of hydrogen-bond donors (Lipinski definition) is 0. The Hall–Kier alpha value is -2.90. The van der Waals surface area contributed by atoms with Gasteiger partial charge in [-0.3, -0.25) is 4.57 Å². The van der Waals surface area contributed by atoms with Gasteiger partial charge in [0, 0.05) is 6.07 Å². The molecule has 0 atom stereocenters. The molecule has 9 heteroatoms. The fraction of sp³-hybridized carbons (Fsp3) is 0. The van der Waals surface area contributed by atoms with Gasteiger partial charge >= 0.3 is 0 Å². The maximum atomic E-state index is 13.3. The second-order valence-corrected chi connectivity index (χ2v) is 4.10. The Labute approximate surface area is 122 Å². The summed E-state index contributed by atoms with van der Waals surface area (Å²) in [6, 6.07) is 4.15. The maximum absolute atomic E-state index is 13.3. The first-order valence-corrected chi connectivity index (χ1v) is 6.05. The number of rotatable bonds is 3. The summed E-state index contributed by atoms with van der Waals surface area (Å²) >= 11 is 4.49. The van der Waals surface area contributed by atoms with Crippen molar-refractivity contribution in [1.29, 1.82) is 0 Å². The van der Waals surface area contributed by atoms with Crippen molar-refractivity contribution in [3.05, 3.63) is 41.4 Å². The molecule has 21 heavy (non-hydrogen) atoms. The molecular weight excluding hydrogens is 295 g/mol. The van der Waals surface area contributed by atoms with Crippen molar-refractivity contribution >= 4 is 39.9 Å². The van der Waals surface area contributed by atoms with Crippen LogP contribution in [0.5, 0.6) is 0 Å². The minimum absolute atomic E-state index is 0.0109. The summed E-state index contributed by atoms with van der Waals surface area (Å²) in [7, 11) is 0. The maximum Gasteiger partial charge on any atom is 0.237 e. The van der Waals surface area contributed by atoms with Gasteiger partial charge < -0.3 is 0 Å². The van der Waals surface area contributed by atoms with Gasteiger partial charge in [0.1, 0.15) is 12.1 Å². The number of imidazole rings is 1. The highest BCUT2D eigenvalue weighted by atomic mass is 32.1. The van der Waals surface area contributed by atoms with Crippen LogP contribution < -0.4 is 0 Å². The standard InChI is InChI=1S/C12H5FN6OS/c13-7-1-2-8-10(3-7)19(5-15-8)12-14-4-9(18-20)11(17-12)16-6-21/h1-5H. The van der Waals surface area contributed by atoms with E-state index in [0.29, 0.717) is 11.0 Å². The lowest BCUT2D eigenvalue weighted by atomic mass is 10.3. The number of isothiocyanates is 1. The van der Waals surface area contributed by atoms with Crippen molar-refractivity contribution < 1.29 is 4.39 Å². The molecule has 1 aromatic carbocycles. The number of benzene rings is 1. The molecular formula is C12H5FN6OS. The van der Waals surface area contributed by atoms with E-state index in [1.807, 2.05) is 0 Å². The molecule has 0 aliphatic rings. The molecule has 0 unspecified atom stereocenters. The smallest absolute Gasteiger partial charge is 0.237 e. The molecule has 0 aliphatic carbocycles. The van der Waals surface area contributed by atoms with Crippen LogP contribution in [0.2, 0.25) is 0 Å². The van der Waals surface area contributed by atoms with Crippen molar-refractivity contribution in [2.24, 2.45) is 10.2 Å². The molecule has 0 bridgehead atoms. The fourth-order valence-electron chi connectivity index (χ4n) is 1.80. The van der Waals surface area contributed by atoms with Crippen LogP contribution in [0, 0.1) is 10.7 Å². The molecule has 2 aromatic heterocycles. The third-order valence-electron chi connectivity index (χ3n) is 2.71. The summed E-state index contributed by atoms with van der Waals surface area (Å²) in [5.74, 6) is -0.254. The zero-order valence-corrected chi connectivity index (χ0v) is 11.1. The van der Waals surface area contributed by atoms with E-state index in [-0.39, 0.29) is 17.5 Å². The van der Waals surface area contributed by atoms with E-state index >= 15 is 0 Å². The predicted octanol–water partition coefficient (Wildman–Crippen LogP) is 3.09. The number of nitroso groups, excluding NO2 is 1. The van der Waals surface area contributed by atoms with Crippen molar-refractivity contribution in [3.8, 4) is 5.95 Å². The predicted molar refractivity (Wildman–Crippen MR) is 76.8 cm³/mol. The van der Waals surface area contributed by atoms with Crippen LogP contribution >= 0.6 is 12.2 Å². The SMILES string of the molecule is O=Nc1cnc(-n2cnc3ccc(F)cc32)nc1N=C=S. The highest BCUT2D eigenvalue weighted by Gasteiger charge is 2.11. The lowest BCUT2D eigenvalue weighted by Crippen LogP contribution is -1.99. The minimum atomic E-state index is -0.410. The van der Waals surface area contributed by atoms with E-state index in [9.17, 15) is 9.30 Å². The monoisotopic (exact) mass is 300 g/mol. The average molecular weight is 300 g/mol. The molecule has 0 saturated heterocycles. The van der Waals surface area contributed by atoms with E-state index in [2.05, 4.69) is 42.5 Å². The Bertz CT molecular complexity index is 902. The van der Waals surface area contributed by atoms with Crippen LogP contribution in [0.1, 0.15) is 0 Å². The highest BCUT2D eigenvalue weighted by Crippen LogP contribution is 2.25. The van der Waals surface area contributed by atoms with Gasteiger partial charge in [0.05, 0.1) is 22.4 Å². The van der Waals surface area contributed by atoms with Gasteiger partial charge in [0.2, 0.25) is 5.95 Å². The topological polar surface area (TPSA) is 85.4 Å². The molecule has 0 aliphatic heterocycles. The van der Waals surface area contributed by atoms with E-state index in [4.69, 9.17) is 0 Å². The van der Waals surface area contributed by atoms with E-state index in [1.165, 1.54) is 29.2 Å². The molecule has 0 spiro atoms. The Morgan fingerprint density at radius 2 is 2.19 bits per heavy atom. The van der Waals surface area contributed by atoms with Crippen LogP contribution in [0.3, 0.4) is 0 Å². The van der Waals surface area contributed by atoms with E-state index in [0.717, 1.165) is 0 Å². The number of nitrogens with zero attached hydrogens (tertiary/aromatic N) is 6. The molecule has 0 radical (unpaired) electrons. The van der Waals surface area contributed by atoms with E-state index in [1.54, 1.807) is 6.07 Å². The third kappa shape index (κ3) is 2.31. The van der Waals surface area contributed by atoms with Gasteiger partial charge in [0.25, 0.3) is 0 Å². The number of hydrogen-bond acceptors (Lipinski definition) is 7. The van der Waals surface area contributed by atoms with Crippen molar-refractivity contribution in [2.75, 3.05) is 0 Å². The van der Waals surface area contributed by atoms with Gasteiger partial charge in [-0.25, -0.2) is 14.4 Å². The lowest BCUT2D eigenvalue weighted by molar-refractivity contribution is 0.629. The fourth-order valence-corrected chi connectivity index (χ4v) is 1.89. The van der Waals surface area contributed by atoms with Crippen LogP contribution in [0.15, 0.2) is 40.9 Å². The summed E-state index contributed by atoms with van der Waals surface area (Å²) in [4.78, 5) is 26.5. The second-order valence-electron chi connectivity index (χ2n) is 3.92. The lowest BCUT2D eigenvalue weighted by Gasteiger charge is -2.03. The zero-order chi connectivity index (χ0) is 14.8. The summed E-state index contributed by atoms with van der Waals surface area (Å²) in [5, 5.41) is 4.86. The summed E-state index contributed by atoms with van der Waals surface area (Å²) in [6.45, 7) is 0. The van der Waals surface area contributed by atoms with Gasteiger partial charge in [-0.15, -0.1) is 4.91 Å². The first kappa shape index (κ1) is 13.1. The first-order valence-electron chi connectivity index (χ1n) is 5.64. The van der Waals surface area contributed by atoms with E-state index < -0.39 is 5.82 Å². The van der Waals surface area contributed by atoms with Crippen molar-refractivity contribution in [1.82, 2.24) is 19.5 Å². The Kier molecular flexibility index (Phi) is 3.27. The molecule has 3 rings (SSSR count). The normalized spacial score (nSPS) is 10.3. The van der Waals surface area contributed by atoms with Crippen LogP contribution in [0.4, 0.5) is 15.9 Å². The van der Waals surface area contributed by atoms with Gasteiger partial charge in [0.15, 0.2) is 11.5 Å². The molecule has 2 heterocycles. The molecule has 0 N–H and O–H groups in total. The van der Waals surface area contributed by atoms with Gasteiger partial charge in [-0.05, 0) is 29.5 Å². The molecule has 102 valence electrons. The molecule has 0 fully saturated rings. The summed E-state index contributed by atoms with van der Waals surface area (Å²) < 4.78 is 14.8. The quantitative estimate of drug-likeness (QED) is 0.421. The van der Waals surface area contributed by atoms with Crippen LogP contribution in [-0.4, -0.2) is 24.7 Å². The summed E-state index contributed by atoms with van der Waals surface area (Å²) in [6.07, 6.45) is 2.64. The van der Waals surface area contributed by atoms with Gasteiger partial charge in [-0.2, -0.15) is 9.98 Å². The summed E-state index contributed by atoms with van der Waals surface area (Å²) in [5.41, 5.74) is 1.00. The Morgan fingerprint density at radius 3 is 2.95 bits per heavy atom.